The first-order valence-electron chi connectivity index (χ1n) is 6.08. The molecular formula is C16H16F2O. The number of rotatable bonds is 2. The monoisotopic (exact) mass is 262 g/mol. The summed E-state index contributed by atoms with van der Waals surface area (Å²) in [5, 5.41) is 10.6. The highest BCUT2D eigenvalue weighted by Crippen LogP contribution is 2.31. The minimum absolute atomic E-state index is 0.328. The smallest absolute Gasteiger partial charge is 0.159 e. The maximum absolute atomic E-state index is 13.3. The van der Waals surface area contributed by atoms with Gasteiger partial charge in [-0.2, -0.15) is 0 Å². The minimum Gasteiger partial charge on any atom is -0.381 e. The van der Waals surface area contributed by atoms with E-state index in [9.17, 15) is 13.9 Å². The number of halogens is 2. The molecule has 100 valence electrons. The molecule has 1 N–H and O–H groups in total. The van der Waals surface area contributed by atoms with Gasteiger partial charge in [0.15, 0.2) is 11.6 Å². The Balaban J connectivity index is 2.51. The fourth-order valence-corrected chi connectivity index (χ4v) is 2.01. The van der Waals surface area contributed by atoms with Crippen LogP contribution in [0.5, 0.6) is 0 Å². The molecule has 0 aliphatic rings. The molecule has 0 spiro atoms. The lowest BCUT2D eigenvalue weighted by Crippen LogP contribution is -2.23. The van der Waals surface area contributed by atoms with Gasteiger partial charge >= 0.3 is 0 Å². The second-order valence-electron chi connectivity index (χ2n) is 5.00. The average molecular weight is 262 g/mol. The summed E-state index contributed by atoms with van der Waals surface area (Å²) in [4.78, 5) is 0. The van der Waals surface area contributed by atoms with Gasteiger partial charge in [-0.25, -0.2) is 8.78 Å². The quantitative estimate of drug-likeness (QED) is 0.872. The Hall–Kier alpha value is -1.74. The molecule has 2 aromatic rings. The Labute approximate surface area is 111 Å². The molecule has 0 radical (unpaired) electrons. The van der Waals surface area contributed by atoms with Crippen molar-refractivity contribution in [2.45, 2.75) is 26.4 Å². The molecule has 1 nitrogen and oxygen atoms in total. The van der Waals surface area contributed by atoms with E-state index in [0.717, 1.165) is 23.3 Å². The topological polar surface area (TPSA) is 20.2 Å². The molecule has 0 aliphatic heterocycles. The molecule has 0 heterocycles. The van der Waals surface area contributed by atoms with E-state index in [-0.39, 0.29) is 0 Å². The molecular weight excluding hydrogens is 246 g/mol. The van der Waals surface area contributed by atoms with Crippen LogP contribution < -0.4 is 0 Å². The van der Waals surface area contributed by atoms with Crippen LogP contribution >= 0.6 is 0 Å². The largest absolute Gasteiger partial charge is 0.381 e. The summed E-state index contributed by atoms with van der Waals surface area (Å²) in [6.45, 7) is 5.50. The first-order valence-corrected chi connectivity index (χ1v) is 6.08. The Morgan fingerprint density at radius 3 is 2.00 bits per heavy atom. The Bertz CT molecular complexity index is 565. The van der Waals surface area contributed by atoms with E-state index in [1.54, 1.807) is 13.0 Å². The Morgan fingerprint density at radius 2 is 1.42 bits per heavy atom. The predicted octanol–water partition coefficient (Wildman–Crippen LogP) is 3.84. The zero-order valence-electron chi connectivity index (χ0n) is 11.2. The molecule has 0 amide bonds. The minimum atomic E-state index is -1.35. The Kier molecular flexibility index (Phi) is 3.42. The third-order valence-electron chi connectivity index (χ3n) is 3.55. The molecule has 0 saturated heterocycles. The molecule has 1 atom stereocenters. The number of aryl methyl sites for hydroxylation is 2. The van der Waals surface area contributed by atoms with E-state index in [4.69, 9.17) is 0 Å². The van der Waals surface area contributed by atoms with Gasteiger partial charge in [0, 0.05) is 0 Å². The maximum atomic E-state index is 13.3. The van der Waals surface area contributed by atoms with E-state index < -0.39 is 17.2 Å². The predicted molar refractivity (Wildman–Crippen MR) is 70.9 cm³/mol. The highest BCUT2D eigenvalue weighted by molar-refractivity contribution is 5.39. The van der Waals surface area contributed by atoms with Crippen LogP contribution in [-0.4, -0.2) is 5.11 Å². The van der Waals surface area contributed by atoms with E-state index >= 15 is 0 Å². The molecule has 0 aliphatic carbocycles. The number of hydrogen-bond donors (Lipinski definition) is 1. The van der Waals surface area contributed by atoms with Crippen LogP contribution in [0.25, 0.3) is 0 Å². The summed E-state index contributed by atoms with van der Waals surface area (Å²) < 4.78 is 26.2. The zero-order chi connectivity index (χ0) is 14.2. The van der Waals surface area contributed by atoms with Crippen molar-refractivity contribution in [2.24, 2.45) is 0 Å². The van der Waals surface area contributed by atoms with Crippen molar-refractivity contribution in [3.05, 3.63) is 70.3 Å². The van der Waals surface area contributed by atoms with Crippen LogP contribution in [0.15, 0.2) is 36.4 Å². The average Bonchev–Trinajstić information content (AvgIpc) is 2.35. The van der Waals surface area contributed by atoms with Crippen molar-refractivity contribution in [3.8, 4) is 0 Å². The molecule has 19 heavy (non-hydrogen) atoms. The summed E-state index contributed by atoms with van der Waals surface area (Å²) in [7, 11) is 0. The van der Waals surface area contributed by atoms with Crippen molar-refractivity contribution >= 4 is 0 Å². The highest BCUT2D eigenvalue weighted by Gasteiger charge is 2.26. The standard InChI is InChI=1S/C16H16F2O/c1-10-4-5-12(8-11(10)2)16(3,19)13-6-7-14(17)15(18)9-13/h4-9,19H,1-3H3. The van der Waals surface area contributed by atoms with Crippen LogP contribution in [-0.2, 0) is 5.60 Å². The van der Waals surface area contributed by atoms with Gasteiger partial charge in [0.05, 0.1) is 0 Å². The van der Waals surface area contributed by atoms with Crippen molar-refractivity contribution in [2.75, 3.05) is 0 Å². The van der Waals surface area contributed by atoms with Gasteiger partial charge in [-0.05, 0) is 55.2 Å². The van der Waals surface area contributed by atoms with Gasteiger partial charge < -0.3 is 5.11 Å². The van der Waals surface area contributed by atoms with E-state index in [0.29, 0.717) is 11.1 Å². The zero-order valence-corrected chi connectivity index (χ0v) is 11.2. The van der Waals surface area contributed by atoms with Crippen molar-refractivity contribution in [1.29, 1.82) is 0 Å². The van der Waals surface area contributed by atoms with Crippen molar-refractivity contribution in [3.63, 3.8) is 0 Å². The third-order valence-corrected chi connectivity index (χ3v) is 3.55. The summed E-state index contributed by atoms with van der Waals surface area (Å²) in [6.07, 6.45) is 0. The van der Waals surface area contributed by atoms with Gasteiger partial charge in [-0.1, -0.05) is 24.3 Å². The second-order valence-corrected chi connectivity index (χ2v) is 5.00. The molecule has 0 aromatic heterocycles. The summed E-state index contributed by atoms with van der Waals surface area (Å²) >= 11 is 0. The molecule has 2 aromatic carbocycles. The van der Waals surface area contributed by atoms with Crippen LogP contribution in [0.3, 0.4) is 0 Å². The van der Waals surface area contributed by atoms with E-state index in [1.807, 2.05) is 26.0 Å². The normalized spacial score (nSPS) is 14.2. The van der Waals surface area contributed by atoms with Crippen LogP contribution in [0.4, 0.5) is 8.78 Å². The van der Waals surface area contributed by atoms with E-state index in [1.165, 1.54) is 6.07 Å². The SMILES string of the molecule is Cc1ccc(C(C)(O)c2ccc(F)c(F)c2)cc1C. The maximum Gasteiger partial charge on any atom is 0.159 e. The fraction of sp³-hybridized carbons (Fsp3) is 0.250. The van der Waals surface area contributed by atoms with Crippen molar-refractivity contribution in [1.82, 2.24) is 0 Å². The number of benzene rings is 2. The van der Waals surface area contributed by atoms with E-state index in [2.05, 4.69) is 0 Å². The van der Waals surface area contributed by atoms with Gasteiger partial charge in [-0.3, -0.25) is 0 Å². The molecule has 2 rings (SSSR count). The molecule has 3 heteroatoms. The fourth-order valence-electron chi connectivity index (χ4n) is 2.01. The molecule has 0 bridgehead atoms. The van der Waals surface area contributed by atoms with Crippen LogP contribution in [0.1, 0.15) is 29.2 Å². The lowest BCUT2D eigenvalue weighted by Gasteiger charge is -2.25. The first-order chi connectivity index (χ1) is 8.82. The summed E-state index contributed by atoms with van der Waals surface area (Å²) in [5.74, 6) is -1.87. The molecule has 0 saturated carbocycles. The van der Waals surface area contributed by atoms with Crippen molar-refractivity contribution < 1.29 is 13.9 Å². The third kappa shape index (κ3) is 2.51. The van der Waals surface area contributed by atoms with Gasteiger partial charge in [0.2, 0.25) is 0 Å². The molecule has 1 unspecified atom stereocenters. The highest BCUT2D eigenvalue weighted by atomic mass is 19.2. The first kappa shape index (κ1) is 13.7. The molecule has 0 fully saturated rings. The Morgan fingerprint density at radius 1 is 0.842 bits per heavy atom. The number of aliphatic hydroxyl groups is 1. The summed E-state index contributed by atoms with van der Waals surface area (Å²) in [5.41, 5.74) is 1.79. The lowest BCUT2D eigenvalue weighted by atomic mass is 9.86. The van der Waals surface area contributed by atoms with Gasteiger partial charge in [-0.15, -0.1) is 0 Å². The lowest BCUT2D eigenvalue weighted by molar-refractivity contribution is 0.102. The van der Waals surface area contributed by atoms with Gasteiger partial charge in [0.25, 0.3) is 0 Å². The number of hydrogen-bond acceptors (Lipinski definition) is 1. The second kappa shape index (κ2) is 4.74. The van der Waals surface area contributed by atoms with Gasteiger partial charge in [0.1, 0.15) is 5.60 Å². The van der Waals surface area contributed by atoms with Crippen LogP contribution in [0.2, 0.25) is 0 Å². The van der Waals surface area contributed by atoms with Crippen LogP contribution in [0, 0.1) is 25.5 Å². The summed E-state index contributed by atoms with van der Waals surface area (Å²) in [6, 6.07) is 9.01.